The molecule has 0 aliphatic carbocycles. The average molecular weight is 376 g/mol. The molecule has 3 heterocycles. The SMILES string of the molecule is COc1ncccc1CNC(=O)c1nc(-c2ccccc2)n2c1CCCCC2. The number of fused-ring (bicyclic) bond motifs is 1. The van der Waals surface area contributed by atoms with E-state index in [0.717, 1.165) is 48.5 Å². The minimum absolute atomic E-state index is 0.154. The van der Waals surface area contributed by atoms with E-state index < -0.39 is 0 Å². The van der Waals surface area contributed by atoms with E-state index in [0.29, 0.717) is 18.1 Å². The lowest BCUT2D eigenvalue weighted by Gasteiger charge is -2.10. The molecule has 0 atom stereocenters. The fraction of sp³-hybridized carbons (Fsp3) is 0.318. The first-order valence-electron chi connectivity index (χ1n) is 9.69. The van der Waals surface area contributed by atoms with Crippen molar-refractivity contribution in [1.29, 1.82) is 0 Å². The molecule has 1 amide bonds. The monoisotopic (exact) mass is 376 g/mol. The fourth-order valence-electron chi connectivity index (χ4n) is 3.71. The van der Waals surface area contributed by atoms with Crippen LogP contribution in [0.5, 0.6) is 5.88 Å². The number of aromatic nitrogens is 3. The molecule has 0 saturated heterocycles. The van der Waals surface area contributed by atoms with Crippen molar-refractivity contribution < 1.29 is 9.53 Å². The molecule has 3 aromatic rings. The van der Waals surface area contributed by atoms with E-state index >= 15 is 0 Å². The van der Waals surface area contributed by atoms with Crippen molar-refractivity contribution in [3.63, 3.8) is 0 Å². The first-order chi connectivity index (χ1) is 13.8. The maximum atomic E-state index is 13.0. The molecule has 1 N–H and O–H groups in total. The number of methoxy groups -OCH3 is 1. The lowest BCUT2D eigenvalue weighted by atomic mass is 10.1. The number of benzene rings is 1. The highest BCUT2D eigenvalue weighted by Gasteiger charge is 2.24. The maximum Gasteiger partial charge on any atom is 0.272 e. The molecule has 6 nitrogen and oxygen atoms in total. The van der Waals surface area contributed by atoms with Crippen LogP contribution < -0.4 is 10.1 Å². The van der Waals surface area contributed by atoms with Crippen LogP contribution in [0.25, 0.3) is 11.4 Å². The zero-order chi connectivity index (χ0) is 19.3. The number of imidazole rings is 1. The zero-order valence-corrected chi connectivity index (χ0v) is 16.0. The van der Waals surface area contributed by atoms with Gasteiger partial charge in [-0.1, -0.05) is 42.8 Å². The van der Waals surface area contributed by atoms with Crippen molar-refractivity contribution in [2.45, 2.75) is 38.8 Å². The molecule has 0 spiro atoms. The van der Waals surface area contributed by atoms with Crippen LogP contribution in [-0.4, -0.2) is 27.6 Å². The van der Waals surface area contributed by atoms with Crippen LogP contribution in [0.4, 0.5) is 0 Å². The zero-order valence-electron chi connectivity index (χ0n) is 16.0. The van der Waals surface area contributed by atoms with Gasteiger partial charge < -0.3 is 14.6 Å². The topological polar surface area (TPSA) is 69.0 Å². The lowest BCUT2D eigenvalue weighted by Crippen LogP contribution is -2.25. The van der Waals surface area contributed by atoms with E-state index in [1.165, 1.54) is 6.42 Å². The van der Waals surface area contributed by atoms with Crippen LogP contribution in [-0.2, 0) is 19.5 Å². The highest BCUT2D eigenvalue weighted by Crippen LogP contribution is 2.27. The maximum absolute atomic E-state index is 13.0. The van der Waals surface area contributed by atoms with Gasteiger partial charge in [0.1, 0.15) is 11.5 Å². The van der Waals surface area contributed by atoms with Crippen LogP contribution in [0.2, 0.25) is 0 Å². The van der Waals surface area contributed by atoms with E-state index in [2.05, 4.69) is 14.9 Å². The molecule has 0 radical (unpaired) electrons. The molecule has 0 saturated carbocycles. The Morgan fingerprint density at radius 2 is 2.00 bits per heavy atom. The number of ether oxygens (including phenoxy) is 1. The largest absolute Gasteiger partial charge is 0.481 e. The Hall–Kier alpha value is -3.15. The molecule has 1 aromatic carbocycles. The molecule has 144 valence electrons. The van der Waals surface area contributed by atoms with Crippen molar-refractivity contribution >= 4 is 5.91 Å². The summed E-state index contributed by atoms with van der Waals surface area (Å²) in [7, 11) is 1.58. The molecular formula is C22H24N4O2. The summed E-state index contributed by atoms with van der Waals surface area (Å²) in [6, 6.07) is 13.8. The third-order valence-electron chi connectivity index (χ3n) is 5.10. The Labute approximate surface area is 164 Å². The van der Waals surface area contributed by atoms with Crippen LogP contribution in [0.1, 0.15) is 41.0 Å². The summed E-state index contributed by atoms with van der Waals surface area (Å²) in [6.07, 6.45) is 5.90. The standard InChI is InChI=1S/C22H24N4O2/c1-28-22-17(11-8-13-23-22)15-24-21(27)19-18-12-6-3-7-14-26(18)20(25-19)16-9-4-2-5-10-16/h2,4-5,8-11,13H,3,6-7,12,14-15H2,1H3,(H,24,27). The smallest absolute Gasteiger partial charge is 0.272 e. The summed E-state index contributed by atoms with van der Waals surface area (Å²) in [5.41, 5.74) is 3.45. The summed E-state index contributed by atoms with van der Waals surface area (Å²) < 4.78 is 7.49. The van der Waals surface area contributed by atoms with Gasteiger partial charge in [-0.25, -0.2) is 9.97 Å². The van der Waals surface area contributed by atoms with E-state index in [4.69, 9.17) is 9.72 Å². The van der Waals surface area contributed by atoms with Gasteiger partial charge in [-0.05, 0) is 25.3 Å². The minimum atomic E-state index is -0.154. The summed E-state index contributed by atoms with van der Waals surface area (Å²) in [5, 5.41) is 2.99. The Morgan fingerprint density at radius 3 is 2.82 bits per heavy atom. The van der Waals surface area contributed by atoms with Gasteiger partial charge in [0.05, 0.1) is 12.8 Å². The van der Waals surface area contributed by atoms with Gasteiger partial charge in [-0.15, -0.1) is 0 Å². The number of nitrogens with zero attached hydrogens (tertiary/aromatic N) is 3. The third-order valence-corrected chi connectivity index (χ3v) is 5.10. The number of nitrogens with one attached hydrogen (secondary N) is 1. The van der Waals surface area contributed by atoms with Crippen molar-refractivity contribution in [2.75, 3.05) is 7.11 Å². The van der Waals surface area contributed by atoms with Crippen LogP contribution in [0, 0.1) is 0 Å². The van der Waals surface area contributed by atoms with Gasteiger partial charge in [0.2, 0.25) is 5.88 Å². The van der Waals surface area contributed by atoms with Gasteiger partial charge in [0.25, 0.3) is 5.91 Å². The molecular weight excluding hydrogens is 352 g/mol. The predicted molar refractivity (Wildman–Crippen MR) is 107 cm³/mol. The van der Waals surface area contributed by atoms with E-state index in [1.807, 2.05) is 42.5 Å². The average Bonchev–Trinajstić information content (AvgIpc) is 2.94. The molecule has 0 bridgehead atoms. The van der Waals surface area contributed by atoms with E-state index in [-0.39, 0.29) is 5.91 Å². The molecule has 0 fully saturated rings. The van der Waals surface area contributed by atoms with Crippen LogP contribution in [0.3, 0.4) is 0 Å². The minimum Gasteiger partial charge on any atom is -0.481 e. The highest BCUT2D eigenvalue weighted by molar-refractivity contribution is 5.94. The third kappa shape index (κ3) is 3.63. The molecule has 1 aliphatic heterocycles. The molecule has 1 aliphatic rings. The Balaban J connectivity index is 1.63. The number of pyridine rings is 1. The molecule has 2 aromatic heterocycles. The van der Waals surface area contributed by atoms with Gasteiger partial charge >= 0.3 is 0 Å². The summed E-state index contributed by atoms with van der Waals surface area (Å²) >= 11 is 0. The molecule has 4 rings (SSSR count). The molecule has 0 unspecified atom stereocenters. The number of rotatable bonds is 5. The normalized spacial score (nSPS) is 13.5. The Morgan fingerprint density at radius 1 is 1.14 bits per heavy atom. The fourth-order valence-corrected chi connectivity index (χ4v) is 3.71. The number of carbonyl (C=O) groups is 1. The van der Waals surface area contributed by atoms with Crippen molar-refractivity contribution in [3.05, 3.63) is 65.6 Å². The number of amides is 1. The summed E-state index contributed by atoms with van der Waals surface area (Å²) in [6.45, 7) is 1.25. The van der Waals surface area contributed by atoms with E-state index in [1.54, 1.807) is 13.3 Å². The quantitative estimate of drug-likeness (QED) is 0.739. The van der Waals surface area contributed by atoms with Gasteiger partial charge in [0, 0.05) is 30.4 Å². The van der Waals surface area contributed by atoms with Crippen LogP contribution >= 0.6 is 0 Å². The lowest BCUT2D eigenvalue weighted by molar-refractivity contribution is 0.0945. The van der Waals surface area contributed by atoms with Crippen molar-refractivity contribution in [3.8, 4) is 17.3 Å². The summed E-state index contributed by atoms with van der Waals surface area (Å²) in [4.78, 5) is 21.9. The Kier molecular flexibility index (Phi) is 5.37. The van der Waals surface area contributed by atoms with Gasteiger partial charge in [-0.2, -0.15) is 0 Å². The predicted octanol–water partition coefficient (Wildman–Crippen LogP) is 3.61. The van der Waals surface area contributed by atoms with Gasteiger partial charge in [-0.3, -0.25) is 4.79 Å². The first-order valence-corrected chi connectivity index (χ1v) is 9.69. The second kappa shape index (κ2) is 8.25. The number of hydrogen-bond acceptors (Lipinski definition) is 4. The van der Waals surface area contributed by atoms with Crippen molar-refractivity contribution in [1.82, 2.24) is 19.9 Å². The summed E-state index contributed by atoms with van der Waals surface area (Å²) in [5.74, 6) is 1.25. The Bertz CT molecular complexity index is 966. The first kappa shape index (κ1) is 18.2. The number of carbonyl (C=O) groups excluding carboxylic acids is 1. The van der Waals surface area contributed by atoms with Crippen molar-refractivity contribution in [2.24, 2.45) is 0 Å². The molecule has 28 heavy (non-hydrogen) atoms. The van der Waals surface area contributed by atoms with E-state index in [9.17, 15) is 4.79 Å². The van der Waals surface area contributed by atoms with Crippen LogP contribution in [0.15, 0.2) is 48.7 Å². The molecule has 6 heteroatoms. The van der Waals surface area contributed by atoms with Gasteiger partial charge in [0.15, 0.2) is 0 Å². The highest BCUT2D eigenvalue weighted by atomic mass is 16.5. The number of hydrogen-bond donors (Lipinski definition) is 1. The second-order valence-electron chi connectivity index (χ2n) is 6.91. The second-order valence-corrected chi connectivity index (χ2v) is 6.91.